The summed E-state index contributed by atoms with van der Waals surface area (Å²) >= 11 is 3.66. The summed E-state index contributed by atoms with van der Waals surface area (Å²) in [5.41, 5.74) is 5.34. The third kappa shape index (κ3) is 5.12. The highest BCUT2D eigenvalue weighted by atomic mass is 79.9. The molecule has 1 aliphatic heterocycles. The lowest BCUT2D eigenvalue weighted by molar-refractivity contribution is 0.126. The molecule has 1 saturated heterocycles. The normalized spacial score (nSPS) is 17.4. The van der Waals surface area contributed by atoms with Gasteiger partial charge in [-0.1, -0.05) is 70.0 Å². The monoisotopic (exact) mass is 464 g/mol. The molecule has 4 rings (SSSR count). The molecule has 0 N–H and O–H groups in total. The Morgan fingerprint density at radius 1 is 0.867 bits per heavy atom. The molecule has 156 valence electrons. The van der Waals surface area contributed by atoms with Crippen molar-refractivity contribution < 1.29 is 4.74 Å². The van der Waals surface area contributed by atoms with Crippen molar-refractivity contribution in [1.82, 2.24) is 9.80 Å². The van der Waals surface area contributed by atoms with E-state index in [9.17, 15) is 0 Å². The number of nitrogens with zero attached hydrogens (tertiary/aromatic N) is 2. The first kappa shape index (κ1) is 21.1. The Balaban J connectivity index is 1.57. The Kier molecular flexibility index (Phi) is 6.88. The van der Waals surface area contributed by atoms with Gasteiger partial charge in [0.2, 0.25) is 0 Å². The SMILES string of the molecule is CCOc1ccc(CN2CCN(Cc3cccc(C)c3)[C@@H]2c2cccc(Br)c2)cc1. The molecule has 1 atom stereocenters. The minimum atomic E-state index is 0.259. The molecular formula is C26H29BrN2O. The van der Waals surface area contributed by atoms with Gasteiger partial charge in [0.25, 0.3) is 0 Å². The fraction of sp³-hybridized carbons (Fsp3) is 0.308. The molecule has 0 amide bonds. The van der Waals surface area contributed by atoms with Crippen molar-refractivity contribution in [2.75, 3.05) is 19.7 Å². The maximum atomic E-state index is 5.60. The van der Waals surface area contributed by atoms with Crippen LogP contribution >= 0.6 is 15.9 Å². The van der Waals surface area contributed by atoms with Gasteiger partial charge in [-0.25, -0.2) is 0 Å². The summed E-state index contributed by atoms with van der Waals surface area (Å²) in [4.78, 5) is 5.17. The van der Waals surface area contributed by atoms with Crippen LogP contribution in [0, 0.1) is 6.92 Å². The van der Waals surface area contributed by atoms with Crippen LogP contribution in [0.3, 0.4) is 0 Å². The van der Waals surface area contributed by atoms with Crippen LogP contribution in [-0.4, -0.2) is 29.5 Å². The molecule has 1 heterocycles. The standard InChI is InChI=1S/C26H29BrN2O/c1-3-30-25-12-10-21(11-13-25)18-28-14-15-29(19-22-7-4-6-20(2)16-22)26(28)23-8-5-9-24(27)17-23/h4-13,16-17,26H,3,14-15,18-19H2,1-2H3/t26-/m1/s1. The van der Waals surface area contributed by atoms with Crippen molar-refractivity contribution in [1.29, 1.82) is 0 Å². The summed E-state index contributed by atoms with van der Waals surface area (Å²) in [6, 6.07) is 26.1. The van der Waals surface area contributed by atoms with E-state index in [0.717, 1.165) is 36.4 Å². The number of rotatable bonds is 7. The zero-order valence-corrected chi connectivity index (χ0v) is 19.3. The quantitative estimate of drug-likeness (QED) is 0.415. The van der Waals surface area contributed by atoms with Crippen LogP contribution in [0.1, 0.15) is 35.3 Å². The molecule has 0 aliphatic carbocycles. The lowest BCUT2D eigenvalue weighted by atomic mass is 10.1. The highest BCUT2D eigenvalue weighted by Crippen LogP contribution is 2.34. The van der Waals surface area contributed by atoms with Crippen LogP contribution in [0.5, 0.6) is 5.75 Å². The van der Waals surface area contributed by atoms with Crippen LogP contribution in [0.25, 0.3) is 0 Å². The molecule has 3 aromatic carbocycles. The summed E-state index contributed by atoms with van der Waals surface area (Å²) in [5, 5.41) is 0. The third-order valence-electron chi connectivity index (χ3n) is 5.60. The molecular weight excluding hydrogens is 436 g/mol. The molecule has 0 unspecified atom stereocenters. The highest BCUT2D eigenvalue weighted by molar-refractivity contribution is 9.10. The van der Waals surface area contributed by atoms with Gasteiger partial charge in [-0.05, 0) is 54.8 Å². The van der Waals surface area contributed by atoms with Gasteiger partial charge in [0, 0.05) is 30.7 Å². The topological polar surface area (TPSA) is 15.7 Å². The van der Waals surface area contributed by atoms with Crippen molar-refractivity contribution in [2.45, 2.75) is 33.1 Å². The fourth-order valence-electron chi connectivity index (χ4n) is 4.29. The van der Waals surface area contributed by atoms with E-state index in [2.05, 4.69) is 105 Å². The van der Waals surface area contributed by atoms with Gasteiger partial charge in [-0.2, -0.15) is 0 Å². The van der Waals surface area contributed by atoms with Crippen LogP contribution in [0.4, 0.5) is 0 Å². The summed E-state index contributed by atoms with van der Waals surface area (Å²) in [7, 11) is 0. The Hall–Kier alpha value is -2.14. The highest BCUT2D eigenvalue weighted by Gasteiger charge is 2.33. The van der Waals surface area contributed by atoms with Gasteiger partial charge in [0.1, 0.15) is 5.75 Å². The number of benzene rings is 3. The first-order valence-corrected chi connectivity index (χ1v) is 11.4. The van der Waals surface area contributed by atoms with Gasteiger partial charge < -0.3 is 4.74 Å². The van der Waals surface area contributed by atoms with Crippen molar-refractivity contribution >= 4 is 15.9 Å². The number of halogens is 1. The van der Waals surface area contributed by atoms with Crippen LogP contribution in [0.15, 0.2) is 77.3 Å². The Labute approximate surface area is 188 Å². The van der Waals surface area contributed by atoms with Crippen LogP contribution in [0.2, 0.25) is 0 Å². The predicted molar refractivity (Wildman–Crippen MR) is 126 cm³/mol. The summed E-state index contributed by atoms with van der Waals surface area (Å²) in [5.74, 6) is 0.937. The number of hydrogen-bond donors (Lipinski definition) is 0. The van der Waals surface area contributed by atoms with Gasteiger partial charge in [0.15, 0.2) is 0 Å². The molecule has 4 heteroatoms. The lowest BCUT2D eigenvalue weighted by Crippen LogP contribution is -2.30. The molecule has 0 radical (unpaired) electrons. The van der Waals surface area contributed by atoms with Gasteiger partial charge >= 0.3 is 0 Å². The number of hydrogen-bond acceptors (Lipinski definition) is 3. The molecule has 3 aromatic rings. The molecule has 1 aliphatic rings. The molecule has 0 spiro atoms. The van der Waals surface area contributed by atoms with Gasteiger partial charge in [-0.3, -0.25) is 9.80 Å². The van der Waals surface area contributed by atoms with E-state index in [1.54, 1.807) is 0 Å². The first-order chi connectivity index (χ1) is 14.6. The average molecular weight is 465 g/mol. The third-order valence-corrected chi connectivity index (χ3v) is 6.09. The van der Waals surface area contributed by atoms with E-state index in [4.69, 9.17) is 4.74 Å². The zero-order chi connectivity index (χ0) is 20.9. The van der Waals surface area contributed by atoms with E-state index in [1.165, 1.54) is 22.3 Å². The second-order valence-electron chi connectivity index (χ2n) is 7.94. The maximum Gasteiger partial charge on any atom is 0.119 e. The minimum Gasteiger partial charge on any atom is -0.494 e. The van der Waals surface area contributed by atoms with E-state index in [1.807, 2.05) is 6.92 Å². The molecule has 0 bridgehead atoms. The lowest BCUT2D eigenvalue weighted by Gasteiger charge is -2.31. The predicted octanol–water partition coefficient (Wildman–Crippen LogP) is 6.17. The van der Waals surface area contributed by atoms with Crippen LogP contribution in [-0.2, 0) is 13.1 Å². The van der Waals surface area contributed by atoms with E-state index in [0.29, 0.717) is 6.61 Å². The molecule has 0 saturated carbocycles. The Bertz CT molecular complexity index is 973. The Morgan fingerprint density at radius 3 is 2.23 bits per heavy atom. The second kappa shape index (κ2) is 9.78. The van der Waals surface area contributed by atoms with Gasteiger partial charge in [0.05, 0.1) is 12.8 Å². The molecule has 30 heavy (non-hydrogen) atoms. The first-order valence-electron chi connectivity index (χ1n) is 10.6. The number of ether oxygens (including phenoxy) is 1. The van der Waals surface area contributed by atoms with E-state index >= 15 is 0 Å². The van der Waals surface area contributed by atoms with Crippen molar-refractivity contribution in [3.05, 3.63) is 99.5 Å². The fourth-order valence-corrected chi connectivity index (χ4v) is 4.71. The maximum absolute atomic E-state index is 5.60. The van der Waals surface area contributed by atoms with Crippen molar-refractivity contribution in [3.63, 3.8) is 0 Å². The van der Waals surface area contributed by atoms with E-state index < -0.39 is 0 Å². The molecule has 3 nitrogen and oxygen atoms in total. The second-order valence-corrected chi connectivity index (χ2v) is 8.85. The van der Waals surface area contributed by atoms with E-state index in [-0.39, 0.29) is 6.17 Å². The average Bonchev–Trinajstić information content (AvgIpc) is 3.11. The number of aryl methyl sites for hydroxylation is 1. The largest absolute Gasteiger partial charge is 0.494 e. The van der Waals surface area contributed by atoms with Crippen molar-refractivity contribution in [3.8, 4) is 5.75 Å². The summed E-state index contributed by atoms with van der Waals surface area (Å²) < 4.78 is 6.73. The molecule has 0 aromatic heterocycles. The van der Waals surface area contributed by atoms with Crippen molar-refractivity contribution in [2.24, 2.45) is 0 Å². The summed E-state index contributed by atoms with van der Waals surface area (Å²) in [6.45, 7) is 8.87. The Morgan fingerprint density at radius 2 is 1.57 bits per heavy atom. The van der Waals surface area contributed by atoms with Gasteiger partial charge in [-0.15, -0.1) is 0 Å². The van der Waals surface area contributed by atoms with Crippen LogP contribution < -0.4 is 4.74 Å². The molecule has 1 fully saturated rings. The zero-order valence-electron chi connectivity index (χ0n) is 17.7. The minimum absolute atomic E-state index is 0.259. The summed E-state index contributed by atoms with van der Waals surface area (Å²) in [6.07, 6.45) is 0.259. The smallest absolute Gasteiger partial charge is 0.119 e.